The monoisotopic (exact) mass is 221 g/mol. The van der Waals surface area contributed by atoms with Crippen LogP contribution in [0.15, 0.2) is 60.7 Å². The van der Waals surface area contributed by atoms with Gasteiger partial charge in [-0.05, 0) is 24.3 Å². The van der Waals surface area contributed by atoms with E-state index in [1.165, 1.54) is 0 Å². The molecule has 1 N–H and O–H groups in total. The number of para-hydroxylation sites is 1. The van der Waals surface area contributed by atoms with E-state index in [1.807, 2.05) is 48.5 Å². The summed E-state index contributed by atoms with van der Waals surface area (Å²) in [6.07, 6.45) is 0. The molecule has 0 spiro atoms. The minimum absolute atomic E-state index is 0. The van der Waals surface area contributed by atoms with E-state index in [9.17, 15) is 4.79 Å². The van der Waals surface area contributed by atoms with Crippen molar-refractivity contribution in [3.63, 3.8) is 0 Å². The summed E-state index contributed by atoms with van der Waals surface area (Å²) < 4.78 is 0. The van der Waals surface area contributed by atoms with E-state index in [0.717, 1.165) is 5.69 Å². The summed E-state index contributed by atoms with van der Waals surface area (Å²) in [5.41, 5.74) is 1.48. The number of carbonyl (C=O) groups excluding carboxylic acids is 1. The van der Waals surface area contributed by atoms with Crippen molar-refractivity contribution in [2.75, 3.05) is 5.32 Å². The van der Waals surface area contributed by atoms with Crippen molar-refractivity contribution in [2.24, 2.45) is 0 Å². The van der Waals surface area contributed by atoms with Gasteiger partial charge in [-0.15, -0.1) is 0 Å². The van der Waals surface area contributed by atoms with E-state index in [4.69, 9.17) is 0 Å². The first kappa shape index (κ1) is 13.0. The van der Waals surface area contributed by atoms with Gasteiger partial charge in [0.2, 0.25) is 0 Å². The molecular formula is C13H12NNaO. The summed E-state index contributed by atoms with van der Waals surface area (Å²) in [6.45, 7) is 0. The maximum atomic E-state index is 11.7. The first-order valence-corrected chi connectivity index (χ1v) is 4.78. The van der Waals surface area contributed by atoms with Gasteiger partial charge in [0, 0.05) is 11.3 Å². The van der Waals surface area contributed by atoms with Crippen LogP contribution in [0.25, 0.3) is 0 Å². The number of amides is 1. The minimum Gasteiger partial charge on any atom is -1.00 e. The molecule has 0 atom stereocenters. The van der Waals surface area contributed by atoms with Crippen LogP contribution in [0.4, 0.5) is 5.69 Å². The average molecular weight is 221 g/mol. The first-order chi connectivity index (χ1) is 7.36. The van der Waals surface area contributed by atoms with Crippen molar-refractivity contribution in [1.82, 2.24) is 0 Å². The number of benzene rings is 2. The predicted octanol–water partition coefficient (Wildman–Crippen LogP) is 0.0554. The molecule has 2 rings (SSSR count). The second-order valence-corrected chi connectivity index (χ2v) is 3.19. The molecule has 0 aliphatic carbocycles. The zero-order valence-corrected chi connectivity index (χ0v) is 11.2. The summed E-state index contributed by atoms with van der Waals surface area (Å²) in [4.78, 5) is 11.7. The van der Waals surface area contributed by atoms with Gasteiger partial charge in [-0.1, -0.05) is 36.4 Å². The van der Waals surface area contributed by atoms with E-state index in [2.05, 4.69) is 5.32 Å². The molecule has 16 heavy (non-hydrogen) atoms. The Morgan fingerprint density at radius 2 is 1.38 bits per heavy atom. The van der Waals surface area contributed by atoms with E-state index < -0.39 is 0 Å². The Hall–Kier alpha value is -1.09. The third-order valence-corrected chi connectivity index (χ3v) is 2.07. The Bertz CT molecular complexity index is 447. The molecule has 0 saturated carbocycles. The molecule has 0 heterocycles. The molecule has 76 valence electrons. The smallest absolute Gasteiger partial charge is 1.00 e. The zero-order chi connectivity index (χ0) is 10.5. The van der Waals surface area contributed by atoms with Gasteiger partial charge in [0.15, 0.2) is 0 Å². The number of carbonyl (C=O) groups is 1. The molecule has 0 aliphatic heterocycles. The fourth-order valence-corrected chi connectivity index (χ4v) is 1.31. The topological polar surface area (TPSA) is 29.1 Å². The van der Waals surface area contributed by atoms with Crippen LogP contribution in [-0.4, -0.2) is 5.91 Å². The molecule has 1 amide bonds. The first-order valence-electron chi connectivity index (χ1n) is 4.78. The standard InChI is InChI=1S/C13H11NO.Na.H/c15-13(11-7-3-1-4-8-11)14-12-9-5-2-6-10-12;;/h1-10H,(H,14,15);;/q;+1;-1. The van der Waals surface area contributed by atoms with Crippen molar-refractivity contribution in [3.8, 4) is 0 Å². The van der Waals surface area contributed by atoms with Crippen molar-refractivity contribution < 1.29 is 35.8 Å². The maximum absolute atomic E-state index is 11.7. The van der Waals surface area contributed by atoms with Gasteiger partial charge in [0.1, 0.15) is 0 Å². The normalized spacial score (nSPS) is 9.00. The summed E-state index contributed by atoms with van der Waals surface area (Å²) in [5.74, 6) is -0.0817. The SMILES string of the molecule is O=C(Nc1ccccc1)c1ccccc1.[H-].[Na+]. The van der Waals surface area contributed by atoms with Crippen LogP contribution in [0.3, 0.4) is 0 Å². The summed E-state index contributed by atoms with van der Waals surface area (Å²) in [5, 5.41) is 2.82. The Morgan fingerprint density at radius 3 is 1.94 bits per heavy atom. The van der Waals surface area contributed by atoms with Crippen molar-refractivity contribution in [1.29, 1.82) is 0 Å². The Labute approximate surface area is 118 Å². The zero-order valence-electron chi connectivity index (χ0n) is 10.2. The summed E-state index contributed by atoms with van der Waals surface area (Å²) in [6, 6.07) is 18.6. The maximum Gasteiger partial charge on any atom is 1.00 e. The largest absolute Gasteiger partial charge is 1.00 e. The van der Waals surface area contributed by atoms with Crippen LogP contribution < -0.4 is 34.9 Å². The van der Waals surface area contributed by atoms with Gasteiger partial charge in [-0.25, -0.2) is 0 Å². The predicted molar refractivity (Wildman–Crippen MR) is 61.9 cm³/mol. The van der Waals surface area contributed by atoms with Gasteiger partial charge >= 0.3 is 29.6 Å². The second-order valence-electron chi connectivity index (χ2n) is 3.19. The van der Waals surface area contributed by atoms with E-state index in [0.29, 0.717) is 5.56 Å². The molecule has 2 aromatic rings. The van der Waals surface area contributed by atoms with Crippen LogP contribution in [0.5, 0.6) is 0 Å². The van der Waals surface area contributed by atoms with Gasteiger partial charge in [-0.2, -0.15) is 0 Å². The molecule has 3 heteroatoms. The molecule has 0 aliphatic rings. The number of hydrogen-bond acceptors (Lipinski definition) is 1. The fourth-order valence-electron chi connectivity index (χ4n) is 1.31. The van der Waals surface area contributed by atoms with Crippen LogP contribution >= 0.6 is 0 Å². The molecule has 0 unspecified atom stereocenters. The van der Waals surface area contributed by atoms with Crippen molar-refractivity contribution >= 4 is 11.6 Å². The minimum atomic E-state index is -0.0817. The molecule has 2 aromatic carbocycles. The third-order valence-electron chi connectivity index (χ3n) is 2.07. The van der Waals surface area contributed by atoms with Crippen molar-refractivity contribution in [2.45, 2.75) is 0 Å². The molecule has 0 fully saturated rings. The summed E-state index contributed by atoms with van der Waals surface area (Å²) in [7, 11) is 0. The summed E-state index contributed by atoms with van der Waals surface area (Å²) >= 11 is 0. The van der Waals surface area contributed by atoms with Gasteiger partial charge in [0.05, 0.1) is 0 Å². The number of rotatable bonds is 2. The quantitative estimate of drug-likeness (QED) is 0.714. The molecule has 0 radical (unpaired) electrons. The van der Waals surface area contributed by atoms with Crippen LogP contribution in [-0.2, 0) is 0 Å². The van der Waals surface area contributed by atoms with E-state index >= 15 is 0 Å². The Morgan fingerprint density at radius 1 is 0.875 bits per heavy atom. The molecular weight excluding hydrogens is 209 g/mol. The second kappa shape index (κ2) is 6.48. The third kappa shape index (κ3) is 3.49. The number of nitrogens with one attached hydrogen (secondary N) is 1. The molecule has 0 aromatic heterocycles. The van der Waals surface area contributed by atoms with Crippen molar-refractivity contribution in [3.05, 3.63) is 66.2 Å². The fraction of sp³-hybridized carbons (Fsp3) is 0. The Kier molecular flexibility index (Phi) is 5.26. The van der Waals surface area contributed by atoms with Crippen LogP contribution in [0.2, 0.25) is 0 Å². The van der Waals surface area contributed by atoms with Gasteiger partial charge in [-0.3, -0.25) is 4.79 Å². The number of anilines is 1. The van der Waals surface area contributed by atoms with E-state index in [1.54, 1.807) is 12.1 Å². The van der Waals surface area contributed by atoms with Gasteiger partial charge in [0.25, 0.3) is 5.91 Å². The average Bonchev–Trinajstić information content (AvgIpc) is 2.31. The molecule has 0 bridgehead atoms. The molecule has 0 saturated heterocycles. The van der Waals surface area contributed by atoms with Gasteiger partial charge < -0.3 is 6.74 Å². The van der Waals surface area contributed by atoms with Crippen LogP contribution in [0.1, 0.15) is 11.8 Å². The number of hydrogen-bond donors (Lipinski definition) is 1. The van der Waals surface area contributed by atoms with E-state index in [-0.39, 0.29) is 36.9 Å². The molecule has 2 nitrogen and oxygen atoms in total. The Balaban J connectivity index is 0.00000128. The van der Waals surface area contributed by atoms with Crippen LogP contribution in [0, 0.1) is 0 Å².